The van der Waals surface area contributed by atoms with Crippen LogP contribution in [0.2, 0.25) is 0 Å². The summed E-state index contributed by atoms with van der Waals surface area (Å²) in [7, 11) is 0. The number of fused-ring (bicyclic) bond motifs is 5. The lowest BCUT2D eigenvalue weighted by Crippen LogP contribution is -2.54. The summed E-state index contributed by atoms with van der Waals surface area (Å²) >= 11 is 0. The first kappa shape index (κ1) is 48.1. The number of alkyl carbamates (subject to hydrolysis) is 1. The van der Waals surface area contributed by atoms with E-state index in [0.717, 1.165) is 81.7 Å². The highest BCUT2D eigenvalue weighted by Gasteiger charge is 2.60. The molecule has 4 saturated carbocycles. The highest BCUT2D eigenvalue weighted by atomic mass is 16.6. The molecule has 0 aromatic rings. The van der Waals surface area contributed by atoms with Crippen LogP contribution in [0.25, 0.3) is 0 Å². The molecule has 57 heavy (non-hydrogen) atoms. The van der Waals surface area contributed by atoms with Crippen LogP contribution in [0.3, 0.4) is 0 Å². The molecule has 0 heterocycles. The van der Waals surface area contributed by atoms with Crippen LogP contribution in [0.5, 0.6) is 0 Å². The van der Waals surface area contributed by atoms with Crippen LogP contribution in [0.15, 0.2) is 0 Å². The second-order valence-corrected chi connectivity index (χ2v) is 20.5. The zero-order valence-corrected chi connectivity index (χ0v) is 38.2. The van der Waals surface area contributed by atoms with Crippen LogP contribution in [-0.4, -0.2) is 37.0 Å². The van der Waals surface area contributed by atoms with Crippen LogP contribution in [0, 0.1) is 46.3 Å². The SMILES string of the molecule is CCCCCCCCCCCCCCCCCCNC(=O)O[C@@H]1CC[C@@]2(C)C(CCC3C4CCC(C(C)CCC(=O)NCCCCCC(=O)CC)[C@@]4(C)CCC32)C1. The number of rotatable bonds is 29. The topological polar surface area (TPSA) is 84.5 Å². The summed E-state index contributed by atoms with van der Waals surface area (Å²) in [4.78, 5) is 37.0. The predicted molar refractivity (Wildman–Crippen MR) is 238 cm³/mol. The van der Waals surface area contributed by atoms with E-state index in [0.29, 0.717) is 47.7 Å². The Morgan fingerprint density at radius 1 is 0.614 bits per heavy atom. The maximum atomic E-state index is 12.8. The molecule has 0 aromatic carbocycles. The maximum Gasteiger partial charge on any atom is 0.407 e. The van der Waals surface area contributed by atoms with Crippen molar-refractivity contribution in [2.24, 2.45) is 46.3 Å². The molecule has 4 aliphatic rings. The second-order valence-electron chi connectivity index (χ2n) is 20.5. The summed E-state index contributed by atoms with van der Waals surface area (Å²) in [6.45, 7) is 13.4. The van der Waals surface area contributed by atoms with Crippen molar-refractivity contribution in [2.45, 2.75) is 246 Å². The lowest BCUT2D eigenvalue weighted by molar-refractivity contribution is -0.130. The molecule has 6 heteroatoms. The van der Waals surface area contributed by atoms with Gasteiger partial charge in [-0.3, -0.25) is 9.59 Å². The minimum Gasteiger partial charge on any atom is -0.446 e. The molecule has 0 bridgehead atoms. The summed E-state index contributed by atoms with van der Waals surface area (Å²) in [5.41, 5.74) is 0.780. The summed E-state index contributed by atoms with van der Waals surface area (Å²) in [5.74, 6) is 4.97. The van der Waals surface area contributed by atoms with Gasteiger partial charge >= 0.3 is 6.09 Å². The average Bonchev–Trinajstić information content (AvgIpc) is 3.56. The molecule has 0 aliphatic heterocycles. The lowest BCUT2D eigenvalue weighted by Gasteiger charge is -2.61. The van der Waals surface area contributed by atoms with Crippen LogP contribution in [-0.2, 0) is 14.3 Å². The molecular weight excluding hydrogens is 705 g/mol. The number of ether oxygens (including phenoxy) is 1. The van der Waals surface area contributed by atoms with Gasteiger partial charge in [0.25, 0.3) is 0 Å². The Labute approximate surface area is 352 Å². The first-order chi connectivity index (χ1) is 27.6. The smallest absolute Gasteiger partial charge is 0.407 e. The third kappa shape index (κ3) is 15.1. The van der Waals surface area contributed by atoms with E-state index in [1.807, 2.05) is 6.92 Å². The minimum atomic E-state index is -0.188. The molecule has 6 nitrogen and oxygen atoms in total. The Morgan fingerprint density at radius 3 is 1.81 bits per heavy atom. The molecular formula is C51H92N2O4. The van der Waals surface area contributed by atoms with E-state index in [-0.39, 0.29) is 18.1 Å². The van der Waals surface area contributed by atoms with E-state index in [2.05, 4.69) is 38.3 Å². The van der Waals surface area contributed by atoms with Crippen LogP contribution in [0.1, 0.15) is 240 Å². The fourth-order valence-electron chi connectivity index (χ4n) is 13.0. The van der Waals surface area contributed by atoms with Gasteiger partial charge in [-0.25, -0.2) is 4.79 Å². The number of hydrogen-bond donors (Lipinski definition) is 2. The number of carbonyl (C=O) groups is 3. The normalized spacial score (nSPS) is 29.8. The van der Waals surface area contributed by atoms with Crippen molar-refractivity contribution in [2.75, 3.05) is 13.1 Å². The van der Waals surface area contributed by atoms with Gasteiger partial charge < -0.3 is 15.4 Å². The Kier molecular flexibility index (Phi) is 21.8. The van der Waals surface area contributed by atoms with E-state index < -0.39 is 0 Å². The summed E-state index contributed by atoms with van der Waals surface area (Å²) in [6.07, 6.45) is 38.8. The van der Waals surface area contributed by atoms with Crippen molar-refractivity contribution in [3.8, 4) is 0 Å². The Bertz CT molecular complexity index is 1160. The molecule has 4 aliphatic carbocycles. The van der Waals surface area contributed by atoms with E-state index in [4.69, 9.17) is 4.74 Å². The molecule has 4 fully saturated rings. The number of Topliss-reactive ketones (excluding diaryl/α,β-unsaturated/α-hetero) is 1. The number of nitrogens with one attached hydrogen (secondary N) is 2. The van der Waals surface area contributed by atoms with Crippen molar-refractivity contribution in [1.29, 1.82) is 0 Å². The quantitative estimate of drug-likeness (QED) is 0.0738. The highest BCUT2D eigenvalue weighted by Crippen LogP contribution is 2.68. The van der Waals surface area contributed by atoms with Crippen LogP contribution >= 0.6 is 0 Å². The maximum absolute atomic E-state index is 12.8. The number of amides is 2. The van der Waals surface area contributed by atoms with Gasteiger partial charge in [0.1, 0.15) is 11.9 Å². The van der Waals surface area contributed by atoms with E-state index in [9.17, 15) is 14.4 Å². The van der Waals surface area contributed by atoms with Gasteiger partial charge in [0.15, 0.2) is 0 Å². The van der Waals surface area contributed by atoms with Crippen molar-refractivity contribution in [1.82, 2.24) is 10.6 Å². The summed E-state index contributed by atoms with van der Waals surface area (Å²) < 4.78 is 6.07. The van der Waals surface area contributed by atoms with Crippen molar-refractivity contribution < 1.29 is 19.1 Å². The van der Waals surface area contributed by atoms with Gasteiger partial charge in [-0.15, -0.1) is 0 Å². The standard InChI is InChI=1S/C51H92N2O4/c1-6-8-9-10-11-12-13-14-15-16-17-18-19-20-21-24-38-53-49(56)57-43-33-35-50(4)41(39-43)28-29-44-46-31-30-45(51(46,5)36-34-47(44)50)40(3)27-32-48(55)52-37-25-22-23-26-42(54)7-2/h40-41,43-47H,6-39H2,1-5H3,(H,52,55)(H,53,56)/t40?,41?,43-,44?,45?,46?,47?,50+,51-/m1/s1. The Balaban J connectivity index is 1.05. The molecule has 0 aromatic heterocycles. The lowest BCUT2D eigenvalue weighted by atomic mass is 9.44. The summed E-state index contributed by atoms with van der Waals surface area (Å²) in [6, 6.07) is 0. The first-order valence-electron chi connectivity index (χ1n) is 25.3. The fraction of sp³-hybridized carbons (Fsp3) is 0.941. The van der Waals surface area contributed by atoms with Gasteiger partial charge in [-0.2, -0.15) is 0 Å². The molecule has 0 spiro atoms. The average molecular weight is 797 g/mol. The largest absolute Gasteiger partial charge is 0.446 e. The van der Waals surface area contributed by atoms with E-state index >= 15 is 0 Å². The molecule has 2 N–H and O–H groups in total. The molecule has 4 rings (SSSR count). The van der Waals surface area contributed by atoms with E-state index in [1.165, 1.54) is 141 Å². The molecule has 0 radical (unpaired) electrons. The number of ketones is 1. The number of hydrogen-bond acceptors (Lipinski definition) is 4. The van der Waals surface area contributed by atoms with Crippen molar-refractivity contribution in [3.63, 3.8) is 0 Å². The predicted octanol–water partition coefficient (Wildman–Crippen LogP) is 14.1. The second kappa shape index (κ2) is 25.9. The highest BCUT2D eigenvalue weighted by molar-refractivity contribution is 5.77. The molecule has 2 amide bonds. The van der Waals surface area contributed by atoms with Crippen LogP contribution < -0.4 is 10.6 Å². The third-order valence-corrected chi connectivity index (χ3v) is 16.6. The number of unbranched alkanes of at least 4 members (excludes halogenated alkanes) is 17. The van der Waals surface area contributed by atoms with Gasteiger partial charge in [-0.1, -0.05) is 137 Å². The van der Waals surface area contributed by atoms with Crippen molar-refractivity contribution in [3.05, 3.63) is 0 Å². The van der Waals surface area contributed by atoms with Gasteiger partial charge in [0.05, 0.1) is 0 Å². The van der Waals surface area contributed by atoms with Crippen LogP contribution in [0.4, 0.5) is 4.79 Å². The van der Waals surface area contributed by atoms with Crippen molar-refractivity contribution >= 4 is 17.8 Å². The minimum absolute atomic E-state index is 0.0738. The van der Waals surface area contributed by atoms with E-state index in [1.54, 1.807) is 0 Å². The zero-order valence-electron chi connectivity index (χ0n) is 38.2. The molecule has 330 valence electrons. The summed E-state index contributed by atoms with van der Waals surface area (Å²) in [5, 5.41) is 6.24. The Morgan fingerprint density at radius 2 is 1.18 bits per heavy atom. The molecule has 9 atom stereocenters. The van der Waals surface area contributed by atoms with Gasteiger partial charge in [-0.05, 0) is 130 Å². The monoisotopic (exact) mass is 797 g/mol. The third-order valence-electron chi connectivity index (χ3n) is 16.6. The van der Waals surface area contributed by atoms with Gasteiger partial charge in [0, 0.05) is 32.4 Å². The fourth-order valence-corrected chi connectivity index (χ4v) is 13.0. The van der Waals surface area contributed by atoms with Gasteiger partial charge in [0.2, 0.25) is 5.91 Å². The molecule has 6 unspecified atom stereocenters. The first-order valence-corrected chi connectivity index (χ1v) is 25.3. The zero-order chi connectivity index (χ0) is 40.9. The number of carbonyl (C=O) groups excluding carboxylic acids is 3. The Hall–Kier alpha value is -1.59. The molecule has 0 saturated heterocycles.